The summed E-state index contributed by atoms with van der Waals surface area (Å²) in [7, 11) is -3.64. The van der Waals surface area contributed by atoms with Gasteiger partial charge >= 0.3 is 0 Å². The first-order valence-corrected chi connectivity index (χ1v) is 11.9. The van der Waals surface area contributed by atoms with Crippen molar-refractivity contribution in [3.8, 4) is 5.69 Å². The molecule has 0 bridgehead atoms. The van der Waals surface area contributed by atoms with Crippen molar-refractivity contribution in [3.05, 3.63) is 42.0 Å². The van der Waals surface area contributed by atoms with Crippen LogP contribution in [0.25, 0.3) is 5.69 Å². The summed E-state index contributed by atoms with van der Waals surface area (Å²) >= 11 is 0. The van der Waals surface area contributed by atoms with Gasteiger partial charge in [0.05, 0.1) is 17.9 Å². The minimum Gasteiger partial charge on any atom is -0.337 e. The monoisotopic (exact) mass is 416 g/mol. The van der Waals surface area contributed by atoms with E-state index in [2.05, 4.69) is 4.98 Å². The van der Waals surface area contributed by atoms with Crippen LogP contribution in [0.3, 0.4) is 0 Å². The van der Waals surface area contributed by atoms with Crippen LogP contribution in [-0.2, 0) is 16.6 Å². The Hall–Kier alpha value is -2.19. The van der Waals surface area contributed by atoms with Crippen molar-refractivity contribution in [2.45, 2.75) is 51.0 Å². The van der Waals surface area contributed by atoms with Gasteiger partial charge < -0.3 is 4.90 Å². The Morgan fingerprint density at radius 1 is 1.17 bits per heavy atom. The number of fused-ring (bicyclic) bond motifs is 3. The van der Waals surface area contributed by atoms with E-state index in [1.54, 1.807) is 29.1 Å². The van der Waals surface area contributed by atoms with Crippen molar-refractivity contribution in [3.63, 3.8) is 0 Å². The average Bonchev–Trinajstić information content (AvgIpc) is 3.45. The van der Waals surface area contributed by atoms with Gasteiger partial charge in [-0.05, 0) is 43.7 Å². The molecule has 8 heteroatoms. The largest absolute Gasteiger partial charge is 0.337 e. The van der Waals surface area contributed by atoms with Crippen LogP contribution in [-0.4, -0.2) is 52.7 Å². The summed E-state index contributed by atoms with van der Waals surface area (Å²) in [6.07, 6.45) is 5.44. The fourth-order valence-electron chi connectivity index (χ4n) is 3.93. The summed E-state index contributed by atoms with van der Waals surface area (Å²) < 4.78 is 30.1. The van der Waals surface area contributed by atoms with E-state index in [4.69, 9.17) is 0 Å². The molecule has 2 heterocycles. The molecule has 1 fully saturated rings. The number of rotatable bonds is 7. The lowest BCUT2D eigenvalue weighted by atomic mass is 10.2. The first kappa shape index (κ1) is 20.1. The fourth-order valence-corrected chi connectivity index (χ4v) is 5.59. The highest BCUT2D eigenvalue weighted by Crippen LogP contribution is 2.36. The maximum atomic E-state index is 13.4. The second-order valence-electron chi connectivity index (χ2n) is 7.91. The van der Waals surface area contributed by atoms with Gasteiger partial charge in [-0.1, -0.05) is 26.0 Å². The molecule has 1 aromatic carbocycles. The van der Waals surface area contributed by atoms with E-state index in [-0.39, 0.29) is 17.3 Å². The van der Waals surface area contributed by atoms with Gasteiger partial charge in [0.25, 0.3) is 5.91 Å². The molecule has 29 heavy (non-hydrogen) atoms. The van der Waals surface area contributed by atoms with E-state index >= 15 is 0 Å². The summed E-state index contributed by atoms with van der Waals surface area (Å²) in [5.41, 5.74) is 1.57. The van der Waals surface area contributed by atoms with Gasteiger partial charge in [-0.2, -0.15) is 4.31 Å². The Balaban J connectivity index is 1.81. The zero-order valence-corrected chi connectivity index (χ0v) is 17.9. The van der Waals surface area contributed by atoms with Crippen LogP contribution in [0.1, 0.15) is 55.7 Å². The topological polar surface area (TPSA) is 75.5 Å². The molecule has 0 unspecified atom stereocenters. The number of para-hydroxylation sites is 1. The summed E-state index contributed by atoms with van der Waals surface area (Å²) in [5.74, 6) is 0.285. The van der Waals surface area contributed by atoms with Crippen LogP contribution in [0.15, 0.2) is 35.5 Å². The molecular formula is C21H28N4O3S. The lowest BCUT2D eigenvalue weighted by Crippen LogP contribution is -2.35. The second kappa shape index (κ2) is 7.91. The molecule has 2 aromatic rings. The number of hydrogen-bond donors (Lipinski definition) is 0. The van der Waals surface area contributed by atoms with E-state index in [0.29, 0.717) is 42.6 Å². The lowest BCUT2D eigenvalue weighted by molar-refractivity contribution is 0.0748. The number of sulfonamides is 1. The summed E-state index contributed by atoms with van der Waals surface area (Å²) in [6.45, 7) is 6.08. The van der Waals surface area contributed by atoms with E-state index in [1.165, 1.54) is 4.31 Å². The highest BCUT2D eigenvalue weighted by atomic mass is 32.2. The highest BCUT2D eigenvalue weighted by Gasteiger charge is 2.38. The highest BCUT2D eigenvalue weighted by molar-refractivity contribution is 7.89. The Bertz CT molecular complexity index is 1000. The third-order valence-corrected chi connectivity index (χ3v) is 7.43. The second-order valence-corrected chi connectivity index (χ2v) is 9.82. The van der Waals surface area contributed by atoms with E-state index < -0.39 is 10.0 Å². The Morgan fingerprint density at radius 3 is 2.52 bits per heavy atom. The predicted octanol–water partition coefficient (Wildman–Crippen LogP) is 3.05. The quantitative estimate of drug-likeness (QED) is 0.695. The van der Waals surface area contributed by atoms with Gasteiger partial charge in [0, 0.05) is 19.6 Å². The zero-order valence-electron chi connectivity index (χ0n) is 17.0. The number of carbonyl (C=O) groups excluding carboxylic acids is 1. The number of amides is 1. The van der Waals surface area contributed by atoms with Gasteiger partial charge in [0.15, 0.2) is 5.69 Å². The number of aromatic nitrogens is 2. The van der Waals surface area contributed by atoms with Gasteiger partial charge in [-0.15, -0.1) is 0 Å². The smallest absolute Gasteiger partial charge is 0.274 e. The summed E-state index contributed by atoms with van der Waals surface area (Å²) in [5, 5.41) is 0. The molecule has 0 atom stereocenters. The molecule has 1 aliphatic heterocycles. The SMILES string of the molecule is CCCN(CCC)C(=O)c1ncn2c1CN(CC1CC1)S(=O)(=O)c1ccccc1-2. The standard InChI is InChI=1S/C21H28N4O3S/c1-3-11-23(12-4-2)21(26)20-18-14-24(13-16-9-10-16)29(27,28)19-8-6-5-7-17(19)25(18)15-22-20/h5-8,15-16H,3-4,9-14H2,1-2H3. The fraction of sp³-hybridized carbons (Fsp3) is 0.524. The molecule has 156 valence electrons. The molecule has 0 saturated heterocycles. The van der Waals surface area contributed by atoms with Crippen LogP contribution in [0.2, 0.25) is 0 Å². The minimum absolute atomic E-state index is 0.120. The van der Waals surface area contributed by atoms with Crippen LogP contribution in [0.5, 0.6) is 0 Å². The van der Waals surface area contributed by atoms with Crippen LogP contribution >= 0.6 is 0 Å². The molecule has 7 nitrogen and oxygen atoms in total. The molecule has 2 aliphatic rings. The first-order chi connectivity index (χ1) is 14.0. The summed E-state index contributed by atoms with van der Waals surface area (Å²) in [4.78, 5) is 19.8. The Kier molecular flexibility index (Phi) is 5.48. The van der Waals surface area contributed by atoms with Crippen LogP contribution in [0.4, 0.5) is 0 Å². The number of imidazole rings is 1. The van der Waals surface area contributed by atoms with Crippen molar-refractivity contribution in [1.29, 1.82) is 0 Å². The van der Waals surface area contributed by atoms with Crippen molar-refractivity contribution in [2.75, 3.05) is 19.6 Å². The molecule has 0 radical (unpaired) electrons. The first-order valence-electron chi connectivity index (χ1n) is 10.4. The average molecular weight is 417 g/mol. The molecule has 1 saturated carbocycles. The molecule has 1 amide bonds. The van der Waals surface area contributed by atoms with Crippen LogP contribution < -0.4 is 0 Å². The Labute approximate surface area is 172 Å². The molecule has 1 aliphatic carbocycles. The van der Waals surface area contributed by atoms with Gasteiger partial charge in [0.1, 0.15) is 11.2 Å². The van der Waals surface area contributed by atoms with Crippen molar-refractivity contribution in [1.82, 2.24) is 18.8 Å². The number of benzene rings is 1. The van der Waals surface area contributed by atoms with Crippen LogP contribution in [0, 0.1) is 5.92 Å². The molecule has 1 aromatic heterocycles. The summed E-state index contributed by atoms with van der Waals surface area (Å²) in [6, 6.07) is 6.98. The van der Waals surface area contributed by atoms with Crippen molar-refractivity contribution in [2.24, 2.45) is 5.92 Å². The van der Waals surface area contributed by atoms with Crippen molar-refractivity contribution >= 4 is 15.9 Å². The van der Waals surface area contributed by atoms with E-state index in [9.17, 15) is 13.2 Å². The molecule has 0 spiro atoms. The third kappa shape index (κ3) is 3.71. The maximum Gasteiger partial charge on any atom is 0.274 e. The number of nitrogens with zero attached hydrogens (tertiary/aromatic N) is 4. The predicted molar refractivity (Wildman–Crippen MR) is 110 cm³/mol. The zero-order chi connectivity index (χ0) is 20.6. The number of hydrogen-bond acceptors (Lipinski definition) is 4. The van der Waals surface area contributed by atoms with Gasteiger partial charge in [-0.3, -0.25) is 9.36 Å². The van der Waals surface area contributed by atoms with E-state index in [0.717, 1.165) is 25.7 Å². The molecule has 0 N–H and O–H groups in total. The van der Waals surface area contributed by atoms with Gasteiger partial charge in [-0.25, -0.2) is 13.4 Å². The van der Waals surface area contributed by atoms with Crippen molar-refractivity contribution < 1.29 is 13.2 Å². The lowest BCUT2D eigenvalue weighted by Gasteiger charge is -2.22. The molecule has 4 rings (SSSR count). The van der Waals surface area contributed by atoms with Gasteiger partial charge in [0.2, 0.25) is 10.0 Å². The van der Waals surface area contributed by atoms with E-state index in [1.807, 2.05) is 24.8 Å². The third-order valence-electron chi connectivity index (χ3n) is 5.57. The normalized spacial score (nSPS) is 18.0. The Morgan fingerprint density at radius 2 is 1.86 bits per heavy atom. The minimum atomic E-state index is -3.64. The molecular weight excluding hydrogens is 388 g/mol. The number of carbonyl (C=O) groups is 1. The maximum absolute atomic E-state index is 13.4.